The Labute approximate surface area is 203 Å². The van der Waals surface area contributed by atoms with Crippen molar-refractivity contribution in [3.05, 3.63) is 70.2 Å². The van der Waals surface area contributed by atoms with E-state index in [-0.39, 0.29) is 10.7 Å². The van der Waals surface area contributed by atoms with Crippen LogP contribution in [0.1, 0.15) is 60.0 Å². The van der Waals surface area contributed by atoms with E-state index < -0.39 is 45.1 Å². The molecule has 2 radical (unpaired) electrons. The van der Waals surface area contributed by atoms with Crippen LogP contribution in [0.25, 0.3) is 0 Å². The molecular formula is C23H27ClN2O5Sn. The molecule has 2 aromatic carbocycles. The third-order valence-corrected chi connectivity index (χ3v) is 8.30. The number of ether oxygens (including phenoxy) is 1. The molecule has 0 aromatic heterocycles. The third kappa shape index (κ3) is 7.21. The van der Waals surface area contributed by atoms with Gasteiger partial charge in [-0.1, -0.05) is 35.9 Å². The minimum Gasteiger partial charge on any atom is -0.447 e. The van der Waals surface area contributed by atoms with Gasteiger partial charge in [0.2, 0.25) is 0 Å². The second kappa shape index (κ2) is 11.2. The minimum atomic E-state index is -0.987. The Morgan fingerprint density at radius 1 is 1.12 bits per heavy atom. The average Bonchev–Trinajstić information content (AvgIpc) is 2.92. The van der Waals surface area contributed by atoms with E-state index in [1.807, 2.05) is 6.92 Å². The summed E-state index contributed by atoms with van der Waals surface area (Å²) < 4.78 is 5.31. The SMILES string of the molecule is C[CH](O)[Sn][C](C)(C)C.NC(=O)OC[C@H](c1cccc(Cl)c1)N1C(=O)c2ccccc2C1=O. The minimum absolute atomic E-state index is 0.0126. The van der Waals surface area contributed by atoms with Crippen LogP contribution >= 0.6 is 11.6 Å². The van der Waals surface area contributed by atoms with Gasteiger partial charge in [0, 0.05) is 5.02 Å². The molecule has 1 aliphatic heterocycles. The van der Waals surface area contributed by atoms with Crippen molar-refractivity contribution in [1.29, 1.82) is 0 Å². The van der Waals surface area contributed by atoms with Crippen LogP contribution in [-0.2, 0) is 4.74 Å². The molecular weight excluding hydrogens is 538 g/mol. The number of amides is 3. The largest absolute Gasteiger partial charge is 0.447 e. The van der Waals surface area contributed by atoms with Crippen LogP contribution in [0.5, 0.6) is 0 Å². The van der Waals surface area contributed by atoms with Gasteiger partial charge >= 0.3 is 67.6 Å². The van der Waals surface area contributed by atoms with E-state index in [9.17, 15) is 14.4 Å². The molecule has 0 spiro atoms. The van der Waals surface area contributed by atoms with Crippen LogP contribution in [0.15, 0.2) is 48.5 Å². The molecule has 3 N–H and O–H groups in total. The summed E-state index contributed by atoms with van der Waals surface area (Å²) in [5.41, 5.74) is 6.22. The molecule has 1 heterocycles. The van der Waals surface area contributed by atoms with E-state index in [1.165, 1.54) is 0 Å². The summed E-state index contributed by atoms with van der Waals surface area (Å²) in [6.07, 6.45) is -0.987. The number of hydrogen-bond donors (Lipinski definition) is 2. The molecule has 170 valence electrons. The standard InChI is InChI=1S/C17H13ClN2O4.C4H9.C2H5O.Sn/c18-11-5-3-4-10(8-11)14(9-24-17(19)23)20-15(21)12-6-1-2-7-13(12)16(20)22;1-4(2)3;1-2-3;/h1-8,14H,9H2,(H2,19,23);1-3H3;2-3H,1H3;/t14-;;;/m1.../s1. The van der Waals surface area contributed by atoms with Gasteiger partial charge in [0.1, 0.15) is 6.61 Å². The molecule has 0 saturated carbocycles. The Morgan fingerprint density at radius 3 is 2.09 bits per heavy atom. The maximum atomic E-state index is 12.7. The number of nitrogens with zero attached hydrogens (tertiary/aromatic N) is 1. The third-order valence-electron chi connectivity index (χ3n) is 4.40. The summed E-state index contributed by atoms with van der Waals surface area (Å²) in [6, 6.07) is 12.4. The number of carbonyl (C=O) groups excluding carboxylic acids is 3. The predicted molar refractivity (Wildman–Crippen MR) is 124 cm³/mol. The smallest absolute Gasteiger partial charge is 0.404 e. The molecule has 1 unspecified atom stereocenters. The molecule has 32 heavy (non-hydrogen) atoms. The normalized spacial score (nSPS) is 14.9. The average molecular weight is 566 g/mol. The Hall–Kier alpha value is -2.10. The first-order chi connectivity index (χ1) is 14.9. The summed E-state index contributed by atoms with van der Waals surface area (Å²) in [6.45, 7) is 8.25. The van der Waals surface area contributed by atoms with Crippen molar-refractivity contribution in [3.8, 4) is 0 Å². The van der Waals surface area contributed by atoms with Crippen molar-refractivity contribution < 1.29 is 24.2 Å². The Bertz CT molecular complexity index is 955. The number of carbonyl (C=O) groups is 3. The summed E-state index contributed by atoms with van der Waals surface area (Å²) in [4.78, 5) is 37.4. The molecule has 2 aromatic rings. The summed E-state index contributed by atoms with van der Waals surface area (Å²) in [5.74, 6) is -0.901. The monoisotopic (exact) mass is 566 g/mol. The first-order valence-corrected chi connectivity index (χ1v) is 13.5. The molecule has 3 rings (SSSR count). The van der Waals surface area contributed by atoms with Gasteiger partial charge in [-0.3, -0.25) is 14.5 Å². The molecule has 1 aliphatic rings. The fourth-order valence-corrected chi connectivity index (χ4v) is 7.09. The fourth-order valence-electron chi connectivity index (χ4n) is 3.31. The first-order valence-electron chi connectivity index (χ1n) is 10.0. The zero-order valence-electron chi connectivity index (χ0n) is 18.5. The van der Waals surface area contributed by atoms with E-state index in [0.29, 0.717) is 25.1 Å². The molecule has 0 aliphatic carbocycles. The van der Waals surface area contributed by atoms with E-state index in [4.69, 9.17) is 27.2 Å². The number of fused-ring (bicyclic) bond motifs is 1. The number of halogens is 1. The van der Waals surface area contributed by atoms with Gasteiger partial charge in [-0.15, -0.1) is 0 Å². The number of primary amides is 1. The number of aliphatic hydroxyl groups excluding tert-OH is 1. The van der Waals surface area contributed by atoms with E-state index in [2.05, 4.69) is 20.8 Å². The number of rotatable bonds is 5. The van der Waals surface area contributed by atoms with Gasteiger partial charge in [0.05, 0.1) is 17.2 Å². The number of imide groups is 1. The number of aliphatic hydroxyl groups is 1. The topological polar surface area (TPSA) is 110 Å². The Balaban J connectivity index is 0.000000390. The molecule has 0 fully saturated rings. The molecule has 7 nitrogen and oxygen atoms in total. The summed E-state index contributed by atoms with van der Waals surface area (Å²) >= 11 is 5.48. The van der Waals surface area contributed by atoms with Crippen LogP contribution < -0.4 is 5.73 Å². The van der Waals surface area contributed by atoms with Crippen LogP contribution in [-0.4, -0.2) is 59.8 Å². The first kappa shape index (κ1) is 26.2. The Morgan fingerprint density at radius 2 is 1.69 bits per heavy atom. The molecule has 0 bridgehead atoms. The fraction of sp³-hybridized carbons (Fsp3) is 0.348. The molecule has 2 atom stereocenters. The number of nitrogens with two attached hydrogens (primary N) is 1. The van der Waals surface area contributed by atoms with Crippen molar-refractivity contribution in [2.75, 3.05) is 6.61 Å². The van der Waals surface area contributed by atoms with Crippen molar-refractivity contribution in [2.45, 2.75) is 41.3 Å². The van der Waals surface area contributed by atoms with Crippen LogP contribution in [0.3, 0.4) is 0 Å². The van der Waals surface area contributed by atoms with Crippen molar-refractivity contribution in [3.63, 3.8) is 0 Å². The van der Waals surface area contributed by atoms with Gasteiger partial charge in [-0.2, -0.15) is 0 Å². The van der Waals surface area contributed by atoms with E-state index in [0.717, 1.165) is 4.90 Å². The summed E-state index contributed by atoms with van der Waals surface area (Å²) in [7, 11) is 0. The molecule has 0 saturated heterocycles. The summed E-state index contributed by atoms with van der Waals surface area (Å²) in [5, 5.41) is 9.40. The van der Waals surface area contributed by atoms with Crippen LogP contribution in [0, 0.1) is 0 Å². The second-order valence-corrected chi connectivity index (χ2v) is 16.2. The van der Waals surface area contributed by atoms with Crippen molar-refractivity contribution in [2.24, 2.45) is 5.73 Å². The number of benzene rings is 2. The molecule has 9 heteroatoms. The maximum absolute atomic E-state index is 12.7. The van der Waals surface area contributed by atoms with Gasteiger partial charge in [0.25, 0.3) is 11.8 Å². The van der Waals surface area contributed by atoms with Crippen molar-refractivity contribution in [1.82, 2.24) is 4.90 Å². The van der Waals surface area contributed by atoms with Gasteiger partial charge < -0.3 is 10.5 Å². The second-order valence-electron chi connectivity index (χ2n) is 8.30. The Kier molecular flexibility index (Phi) is 9.12. The number of hydrogen-bond acceptors (Lipinski definition) is 5. The maximum Gasteiger partial charge on any atom is 0.404 e. The van der Waals surface area contributed by atoms with Gasteiger partial charge in [0.15, 0.2) is 0 Å². The van der Waals surface area contributed by atoms with E-state index in [1.54, 1.807) is 48.5 Å². The predicted octanol–water partition coefficient (Wildman–Crippen LogP) is 4.02. The zero-order valence-corrected chi connectivity index (χ0v) is 22.1. The van der Waals surface area contributed by atoms with Crippen LogP contribution in [0.2, 0.25) is 8.45 Å². The molecule has 3 amide bonds. The van der Waals surface area contributed by atoms with E-state index >= 15 is 0 Å². The zero-order chi connectivity index (χ0) is 24.1. The quantitative estimate of drug-likeness (QED) is 0.421. The van der Waals surface area contributed by atoms with Gasteiger partial charge in [-0.25, -0.2) is 4.79 Å². The van der Waals surface area contributed by atoms with Gasteiger partial charge in [-0.05, 0) is 29.8 Å². The van der Waals surface area contributed by atoms with Crippen LogP contribution in [0.4, 0.5) is 4.79 Å². The van der Waals surface area contributed by atoms with Crippen molar-refractivity contribution >= 4 is 50.7 Å².